The average molecular weight is 406 g/mol. The van der Waals surface area contributed by atoms with Crippen LogP contribution in [0, 0.1) is 6.92 Å². The number of benzene rings is 1. The molecule has 0 aliphatic rings. The molecule has 0 aliphatic heterocycles. The Labute approximate surface area is 178 Å². The van der Waals surface area contributed by atoms with Gasteiger partial charge in [-0.1, -0.05) is 68.9 Å². The van der Waals surface area contributed by atoms with Crippen LogP contribution >= 0.6 is 0 Å². The molecule has 5 nitrogen and oxygen atoms in total. The van der Waals surface area contributed by atoms with Crippen LogP contribution in [-0.4, -0.2) is 22.0 Å². The fourth-order valence-corrected chi connectivity index (χ4v) is 3.59. The molecule has 3 rings (SSSR count). The lowest BCUT2D eigenvalue weighted by atomic mass is 10.1. The Morgan fingerprint density at radius 1 is 1.03 bits per heavy atom. The molecule has 2 heterocycles. The van der Waals surface area contributed by atoms with Gasteiger partial charge >= 0.3 is 0 Å². The summed E-state index contributed by atoms with van der Waals surface area (Å²) >= 11 is 0. The van der Waals surface area contributed by atoms with Gasteiger partial charge in [-0.3, -0.25) is 14.2 Å². The molecular weight excluding hydrogens is 374 g/mol. The normalized spacial score (nSPS) is 11.0. The Kier molecular flexibility index (Phi) is 7.77. The summed E-state index contributed by atoms with van der Waals surface area (Å²) in [4.78, 5) is 30.3. The Bertz CT molecular complexity index is 1040. The van der Waals surface area contributed by atoms with Crippen molar-refractivity contribution in [2.45, 2.75) is 58.9 Å². The van der Waals surface area contributed by atoms with E-state index in [9.17, 15) is 9.59 Å². The molecule has 1 N–H and O–H groups in total. The van der Waals surface area contributed by atoms with Gasteiger partial charge in [0, 0.05) is 18.1 Å². The predicted octanol–water partition coefficient (Wildman–Crippen LogP) is 4.84. The molecule has 5 heteroatoms. The lowest BCUT2D eigenvalue weighted by molar-refractivity contribution is 0.0951. The van der Waals surface area contributed by atoms with Gasteiger partial charge in [0.05, 0.1) is 6.54 Å². The van der Waals surface area contributed by atoms with Gasteiger partial charge in [0.15, 0.2) is 0 Å². The number of nitrogens with zero attached hydrogens (tertiary/aromatic N) is 2. The van der Waals surface area contributed by atoms with E-state index < -0.39 is 0 Å². The number of aryl methyl sites for hydroxylation is 1. The molecule has 3 aromatic rings. The average Bonchev–Trinajstić information content (AvgIpc) is 2.76. The minimum atomic E-state index is -0.308. The molecule has 0 atom stereocenters. The van der Waals surface area contributed by atoms with Gasteiger partial charge in [0.2, 0.25) is 0 Å². The summed E-state index contributed by atoms with van der Waals surface area (Å²) in [6.45, 7) is 5.20. The number of pyridine rings is 2. The predicted molar refractivity (Wildman–Crippen MR) is 122 cm³/mol. The molecule has 0 fully saturated rings. The third kappa shape index (κ3) is 5.56. The van der Waals surface area contributed by atoms with Crippen LogP contribution in [0.25, 0.3) is 11.0 Å². The monoisotopic (exact) mass is 405 g/mol. The van der Waals surface area contributed by atoms with Gasteiger partial charge in [0.25, 0.3) is 11.5 Å². The number of aromatic nitrogens is 2. The van der Waals surface area contributed by atoms with Gasteiger partial charge < -0.3 is 5.32 Å². The first-order valence-corrected chi connectivity index (χ1v) is 10.9. The van der Waals surface area contributed by atoms with Crippen molar-refractivity contribution in [1.29, 1.82) is 0 Å². The molecule has 2 aromatic heterocycles. The number of nitrogens with one attached hydrogen (secondary N) is 1. The van der Waals surface area contributed by atoms with Crippen molar-refractivity contribution < 1.29 is 4.79 Å². The van der Waals surface area contributed by atoms with Crippen molar-refractivity contribution >= 4 is 16.9 Å². The van der Waals surface area contributed by atoms with Crippen LogP contribution in [0.15, 0.2) is 53.5 Å². The lowest BCUT2D eigenvalue weighted by Crippen LogP contribution is -2.34. The second kappa shape index (κ2) is 10.7. The van der Waals surface area contributed by atoms with Crippen LogP contribution in [0.5, 0.6) is 0 Å². The highest BCUT2D eigenvalue weighted by atomic mass is 16.2. The molecule has 0 radical (unpaired) electrons. The van der Waals surface area contributed by atoms with E-state index in [0.29, 0.717) is 18.7 Å². The van der Waals surface area contributed by atoms with Crippen LogP contribution in [0.3, 0.4) is 0 Å². The van der Waals surface area contributed by atoms with Crippen molar-refractivity contribution in [3.63, 3.8) is 0 Å². The minimum absolute atomic E-state index is 0.175. The minimum Gasteiger partial charge on any atom is -0.352 e. The zero-order valence-electron chi connectivity index (χ0n) is 18.0. The SMILES string of the molecule is CCCCCCCCNC(=O)c1cc2cccnc2n(Cc2ccc(C)cc2)c1=O. The zero-order valence-corrected chi connectivity index (χ0v) is 18.0. The Morgan fingerprint density at radius 2 is 1.77 bits per heavy atom. The van der Waals surface area contributed by atoms with E-state index in [-0.39, 0.29) is 17.0 Å². The lowest BCUT2D eigenvalue weighted by Gasteiger charge is -2.13. The Hall–Kier alpha value is -2.95. The fraction of sp³-hybridized carbons (Fsp3) is 0.400. The van der Waals surface area contributed by atoms with Gasteiger partial charge in [0.1, 0.15) is 11.2 Å². The number of rotatable bonds is 10. The number of carbonyl (C=O) groups is 1. The summed E-state index contributed by atoms with van der Waals surface area (Å²) in [5.74, 6) is -0.308. The smallest absolute Gasteiger partial charge is 0.265 e. The number of unbranched alkanes of at least 4 members (excludes halogenated alkanes) is 5. The summed E-state index contributed by atoms with van der Waals surface area (Å²) in [5.41, 5.74) is 2.63. The van der Waals surface area contributed by atoms with E-state index >= 15 is 0 Å². The van der Waals surface area contributed by atoms with E-state index in [4.69, 9.17) is 0 Å². The van der Waals surface area contributed by atoms with Gasteiger partial charge in [-0.25, -0.2) is 4.98 Å². The van der Waals surface area contributed by atoms with E-state index in [1.54, 1.807) is 16.8 Å². The molecular formula is C25H31N3O2. The summed E-state index contributed by atoms with van der Waals surface area (Å²) < 4.78 is 1.60. The molecule has 30 heavy (non-hydrogen) atoms. The molecule has 1 amide bonds. The topological polar surface area (TPSA) is 64.0 Å². The number of hydrogen-bond acceptors (Lipinski definition) is 3. The van der Waals surface area contributed by atoms with Crippen molar-refractivity contribution in [2.24, 2.45) is 0 Å². The third-order valence-corrected chi connectivity index (χ3v) is 5.37. The van der Waals surface area contributed by atoms with Crippen LogP contribution in [0.1, 0.15) is 66.9 Å². The summed E-state index contributed by atoms with van der Waals surface area (Å²) in [7, 11) is 0. The van der Waals surface area contributed by atoms with Crippen LogP contribution < -0.4 is 10.9 Å². The molecule has 0 spiro atoms. The zero-order chi connectivity index (χ0) is 21.3. The molecule has 0 bridgehead atoms. The summed E-state index contributed by atoms with van der Waals surface area (Å²) in [6, 6.07) is 13.4. The first-order chi connectivity index (χ1) is 14.6. The molecule has 0 unspecified atom stereocenters. The van der Waals surface area contributed by atoms with Gasteiger partial charge in [-0.05, 0) is 37.1 Å². The first kappa shape index (κ1) is 21.8. The third-order valence-electron chi connectivity index (χ3n) is 5.37. The highest BCUT2D eigenvalue weighted by Crippen LogP contribution is 2.14. The van der Waals surface area contributed by atoms with Crippen LogP contribution in [-0.2, 0) is 6.54 Å². The first-order valence-electron chi connectivity index (χ1n) is 10.9. The molecule has 0 saturated carbocycles. The maximum absolute atomic E-state index is 13.2. The van der Waals surface area contributed by atoms with Crippen molar-refractivity contribution in [3.05, 3.63) is 75.7 Å². The van der Waals surface area contributed by atoms with Crippen molar-refractivity contribution in [3.8, 4) is 0 Å². The van der Waals surface area contributed by atoms with E-state index in [1.165, 1.54) is 25.7 Å². The highest BCUT2D eigenvalue weighted by molar-refractivity contribution is 5.96. The standard InChI is InChI=1S/C25H31N3O2/c1-3-4-5-6-7-8-15-27-24(29)22-17-21-10-9-16-26-23(21)28(25(22)30)18-20-13-11-19(2)12-14-20/h9-14,16-17H,3-8,15,18H2,1-2H3,(H,27,29). The van der Waals surface area contributed by atoms with Gasteiger partial charge in [-0.15, -0.1) is 0 Å². The Balaban J connectivity index is 1.78. The van der Waals surface area contributed by atoms with E-state index in [0.717, 1.165) is 29.4 Å². The van der Waals surface area contributed by atoms with Crippen LogP contribution in [0.2, 0.25) is 0 Å². The fourth-order valence-electron chi connectivity index (χ4n) is 3.59. The van der Waals surface area contributed by atoms with Gasteiger partial charge in [-0.2, -0.15) is 0 Å². The number of hydrogen-bond donors (Lipinski definition) is 1. The van der Waals surface area contributed by atoms with Crippen molar-refractivity contribution in [1.82, 2.24) is 14.9 Å². The number of carbonyl (C=O) groups excluding carboxylic acids is 1. The molecule has 158 valence electrons. The van der Waals surface area contributed by atoms with E-state index in [2.05, 4.69) is 17.2 Å². The summed E-state index contributed by atoms with van der Waals surface area (Å²) in [6.07, 6.45) is 8.62. The largest absolute Gasteiger partial charge is 0.352 e. The molecule has 0 saturated heterocycles. The molecule has 0 aliphatic carbocycles. The number of fused-ring (bicyclic) bond motifs is 1. The second-order valence-corrected chi connectivity index (χ2v) is 7.87. The summed E-state index contributed by atoms with van der Waals surface area (Å²) in [5, 5.41) is 3.71. The number of amides is 1. The van der Waals surface area contributed by atoms with Crippen molar-refractivity contribution in [2.75, 3.05) is 6.54 Å². The molecule has 1 aromatic carbocycles. The maximum Gasteiger partial charge on any atom is 0.265 e. The second-order valence-electron chi connectivity index (χ2n) is 7.87. The quantitative estimate of drug-likeness (QED) is 0.491. The maximum atomic E-state index is 13.2. The highest BCUT2D eigenvalue weighted by Gasteiger charge is 2.16. The van der Waals surface area contributed by atoms with E-state index in [1.807, 2.05) is 43.3 Å². The van der Waals surface area contributed by atoms with Crippen LogP contribution in [0.4, 0.5) is 0 Å². The Morgan fingerprint density at radius 3 is 2.53 bits per heavy atom.